The van der Waals surface area contributed by atoms with Crippen LogP contribution < -0.4 is 15.4 Å². The molecule has 1 aliphatic carbocycles. The monoisotopic (exact) mass is 340 g/mol. The smallest absolute Gasteiger partial charge is 0.230 e. The Morgan fingerprint density at radius 2 is 1.96 bits per heavy atom. The number of halogens is 1. The maximum absolute atomic E-state index is 12.8. The van der Waals surface area contributed by atoms with Crippen molar-refractivity contribution in [3.8, 4) is 5.75 Å². The quantitative estimate of drug-likeness (QED) is 0.715. The van der Waals surface area contributed by atoms with Gasteiger partial charge in [0.15, 0.2) is 0 Å². The third-order valence-corrected chi connectivity index (χ3v) is 4.53. The molecule has 23 heavy (non-hydrogen) atoms. The van der Waals surface area contributed by atoms with Gasteiger partial charge in [-0.1, -0.05) is 31.9 Å². The predicted molar refractivity (Wildman–Crippen MR) is 96.6 cm³/mol. The Labute approximate surface area is 145 Å². The first kappa shape index (κ1) is 19.8. The van der Waals surface area contributed by atoms with Gasteiger partial charge in [0.1, 0.15) is 5.75 Å². The third-order valence-electron chi connectivity index (χ3n) is 4.53. The van der Waals surface area contributed by atoms with Crippen molar-refractivity contribution in [1.29, 1.82) is 0 Å². The van der Waals surface area contributed by atoms with Crippen LogP contribution >= 0.6 is 12.4 Å². The van der Waals surface area contributed by atoms with Crippen molar-refractivity contribution in [2.24, 2.45) is 0 Å². The van der Waals surface area contributed by atoms with Crippen LogP contribution in [0.25, 0.3) is 0 Å². The molecule has 5 heteroatoms. The Bertz CT molecular complexity index is 488. The molecule has 0 heterocycles. The molecular formula is C18H29ClN2O2. The first-order chi connectivity index (χ1) is 10.7. The Kier molecular flexibility index (Phi) is 8.42. The molecule has 1 aromatic rings. The number of hydrogen-bond donors (Lipinski definition) is 2. The molecule has 1 saturated carbocycles. The van der Waals surface area contributed by atoms with Crippen LogP contribution in [-0.4, -0.2) is 32.7 Å². The van der Waals surface area contributed by atoms with E-state index >= 15 is 0 Å². The lowest BCUT2D eigenvalue weighted by Crippen LogP contribution is -2.44. The number of carbonyl (C=O) groups is 1. The fraction of sp³-hybridized carbons (Fsp3) is 0.611. The van der Waals surface area contributed by atoms with Crippen LogP contribution in [0.2, 0.25) is 0 Å². The first-order valence-corrected chi connectivity index (χ1v) is 8.36. The van der Waals surface area contributed by atoms with Crippen LogP contribution in [0.4, 0.5) is 0 Å². The van der Waals surface area contributed by atoms with Gasteiger partial charge >= 0.3 is 0 Å². The average molecular weight is 341 g/mol. The standard InChI is InChI=1S/C18H28N2O2.ClH/c1-3-11-19-12-13-20-17(21)18(9-4-5-10-18)15-7-6-8-16(14-15)22-2;/h6-8,14,19H,3-5,9-13H2,1-2H3,(H,20,21);1H. The fourth-order valence-corrected chi connectivity index (χ4v) is 3.28. The molecule has 0 unspecified atom stereocenters. The summed E-state index contributed by atoms with van der Waals surface area (Å²) in [5, 5.41) is 6.43. The summed E-state index contributed by atoms with van der Waals surface area (Å²) in [6, 6.07) is 7.98. The predicted octanol–water partition coefficient (Wildman–Crippen LogP) is 3.04. The average Bonchev–Trinajstić information content (AvgIpc) is 3.05. The molecule has 0 atom stereocenters. The van der Waals surface area contributed by atoms with Gasteiger partial charge in [-0.25, -0.2) is 0 Å². The zero-order valence-corrected chi connectivity index (χ0v) is 15.0. The molecule has 1 aliphatic rings. The van der Waals surface area contributed by atoms with Gasteiger partial charge in [0.25, 0.3) is 0 Å². The number of ether oxygens (including phenoxy) is 1. The second-order valence-electron chi connectivity index (χ2n) is 6.03. The van der Waals surface area contributed by atoms with Crippen LogP contribution in [0, 0.1) is 0 Å². The summed E-state index contributed by atoms with van der Waals surface area (Å²) in [6.07, 6.45) is 5.18. The van der Waals surface area contributed by atoms with Crippen molar-refractivity contribution in [3.05, 3.63) is 29.8 Å². The van der Waals surface area contributed by atoms with E-state index in [1.807, 2.05) is 18.2 Å². The van der Waals surface area contributed by atoms with E-state index in [0.29, 0.717) is 6.54 Å². The van der Waals surface area contributed by atoms with E-state index in [1.165, 1.54) is 0 Å². The first-order valence-electron chi connectivity index (χ1n) is 8.36. The van der Waals surface area contributed by atoms with Crippen molar-refractivity contribution in [1.82, 2.24) is 10.6 Å². The highest BCUT2D eigenvalue weighted by Gasteiger charge is 2.42. The Morgan fingerprint density at radius 3 is 2.61 bits per heavy atom. The molecule has 0 aliphatic heterocycles. The van der Waals surface area contributed by atoms with Gasteiger partial charge in [-0.05, 0) is 43.5 Å². The van der Waals surface area contributed by atoms with Crippen LogP contribution in [0.1, 0.15) is 44.6 Å². The SMILES string of the molecule is CCCNCCNC(=O)C1(c2cccc(OC)c2)CCCC1.Cl. The molecule has 0 aromatic heterocycles. The van der Waals surface area contributed by atoms with Crippen molar-refractivity contribution >= 4 is 18.3 Å². The number of methoxy groups -OCH3 is 1. The van der Waals surface area contributed by atoms with Gasteiger partial charge in [-0.15, -0.1) is 12.4 Å². The molecule has 2 rings (SSSR count). The number of amides is 1. The number of benzene rings is 1. The number of carbonyl (C=O) groups excluding carboxylic acids is 1. The van der Waals surface area contributed by atoms with Gasteiger partial charge in [-0.2, -0.15) is 0 Å². The summed E-state index contributed by atoms with van der Waals surface area (Å²) < 4.78 is 5.32. The van der Waals surface area contributed by atoms with Gasteiger partial charge in [0, 0.05) is 13.1 Å². The minimum absolute atomic E-state index is 0. The number of rotatable bonds is 8. The molecule has 1 fully saturated rings. The Morgan fingerprint density at radius 1 is 1.22 bits per heavy atom. The topological polar surface area (TPSA) is 50.4 Å². The van der Waals surface area contributed by atoms with Gasteiger partial charge in [0.05, 0.1) is 12.5 Å². The molecule has 130 valence electrons. The molecule has 1 amide bonds. The lowest BCUT2D eigenvalue weighted by Gasteiger charge is -2.28. The maximum Gasteiger partial charge on any atom is 0.230 e. The zero-order valence-electron chi connectivity index (χ0n) is 14.2. The molecule has 2 N–H and O–H groups in total. The summed E-state index contributed by atoms with van der Waals surface area (Å²) in [6.45, 7) is 4.65. The van der Waals surface area contributed by atoms with E-state index < -0.39 is 0 Å². The van der Waals surface area contributed by atoms with Crippen molar-refractivity contribution in [2.45, 2.75) is 44.4 Å². The highest BCUT2D eigenvalue weighted by atomic mass is 35.5. The summed E-state index contributed by atoms with van der Waals surface area (Å²) in [5.74, 6) is 0.984. The second-order valence-corrected chi connectivity index (χ2v) is 6.03. The van der Waals surface area contributed by atoms with Crippen LogP contribution in [-0.2, 0) is 10.2 Å². The molecular weight excluding hydrogens is 312 g/mol. The highest BCUT2D eigenvalue weighted by Crippen LogP contribution is 2.42. The molecule has 4 nitrogen and oxygen atoms in total. The van der Waals surface area contributed by atoms with Crippen molar-refractivity contribution in [3.63, 3.8) is 0 Å². The molecule has 0 bridgehead atoms. The third kappa shape index (κ3) is 4.85. The fourth-order valence-electron chi connectivity index (χ4n) is 3.28. The zero-order chi connectivity index (χ0) is 15.8. The summed E-state index contributed by atoms with van der Waals surface area (Å²) >= 11 is 0. The Balaban J connectivity index is 0.00000264. The van der Waals surface area contributed by atoms with Crippen LogP contribution in [0.15, 0.2) is 24.3 Å². The molecule has 1 aromatic carbocycles. The highest BCUT2D eigenvalue weighted by molar-refractivity contribution is 5.88. The van der Waals surface area contributed by atoms with Crippen LogP contribution in [0.5, 0.6) is 5.75 Å². The van der Waals surface area contributed by atoms with Crippen molar-refractivity contribution < 1.29 is 9.53 Å². The Hall–Kier alpha value is -1.26. The minimum Gasteiger partial charge on any atom is -0.497 e. The number of hydrogen-bond acceptors (Lipinski definition) is 3. The normalized spacial score (nSPS) is 15.7. The van der Waals surface area contributed by atoms with Crippen LogP contribution in [0.3, 0.4) is 0 Å². The van der Waals surface area contributed by atoms with E-state index in [0.717, 1.165) is 56.5 Å². The lowest BCUT2D eigenvalue weighted by atomic mass is 9.78. The van der Waals surface area contributed by atoms with E-state index in [9.17, 15) is 4.79 Å². The largest absolute Gasteiger partial charge is 0.497 e. The van der Waals surface area contributed by atoms with Crippen molar-refractivity contribution in [2.75, 3.05) is 26.7 Å². The summed E-state index contributed by atoms with van der Waals surface area (Å²) in [4.78, 5) is 12.8. The molecule has 0 saturated heterocycles. The van der Waals surface area contributed by atoms with E-state index in [1.54, 1.807) is 7.11 Å². The van der Waals surface area contributed by atoms with E-state index in [4.69, 9.17) is 4.74 Å². The second kappa shape index (κ2) is 9.78. The number of nitrogens with one attached hydrogen (secondary N) is 2. The van der Waals surface area contributed by atoms with Gasteiger partial charge in [0.2, 0.25) is 5.91 Å². The lowest BCUT2D eigenvalue weighted by molar-refractivity contribution is -0.126. The van der Waals surface area contributed by atoms with E-state index in [2.05, 4.69) is 23.6 Å². The molecule has 0 radical (unpaired) electrons. The summed E-state index contributed by atoms with van der Waals surface area (Å²) in [7, 11) is 1.67. The molecule has 0 spiro atoms. The van der Waals surface area contributed by atoms with Gasteiger partial charge in [-0.3, -0.25) is 4.79 Å². The van der Waals surface area contributed by atoms with Gasteiger partial charge < -0.3 is 15.4 Å². The maximum atomic E-state index is 12.8. The minimum atomic E-state index is -0.376. The summed E-state index contributed by atoms with van der Waals surface area (Å²) in [5.41, 5.74) is 0.711. The van der Waals surface area contributed by atoms with E-state index in [-0.39, 0.29) is 23.7 Å².